The molecule has 2 amide bonds. The second-order valence-corrected chi connectivity index (χ2v) is 14.2. The normalized spacial score (nSPS) is 15.9. The molecule has 0 aromatic heterocycles. The molecule has 5 aromatic rings. The van der Waals surface area contributed by atoms with Gasteiger partial charge >= 0.3 is 6.09 Å². The Morgan fingerprint density at radius 2 is 1.38 bits per heavy atom. The summed E-state index contributed by atoms with van der Waals surface area (Å²) in [6.07, 6.45) is -0.0535. The van der Waals surface area contributed by atoms with Gasteiger partial charge in [-0.3, -0.25) is 9.59 Å². The van der Waals surface area contributed by atoms with Gasteiger partial charge < -0.3 is 14.7 Å². The van der Waals surface area contributed by atoms with Crippen LogP contribution in [0.4, 0.5) is 10.5 Å². The lowest BCUT2D eigenvalue weighted by Crippen LogP contribution is -2.45. The molecule has 0 saturated carbocycles. The van der Waals surface area contributed by atoms with Crippen molar-refractivity contribution in [1.82, 2.24) is 4.90 Å². The SMILES string of the molecule is CC#C[C@](O)(CCc1ccccc1)CC(=O)[C@H](C(=O)N1C(=O)OC[C@@H]1c1ccccc1)[C@@H](CC)c1cccc(N(Cc2ccccc2)Cc2ccccc2)c1. The predicted octanol–water partition coefficient (Wildman–Crippen LogP) is 9.07. The Balaban J connectivity index is 1.38. The number of amides is 2. The molecule has 1 fully saturated rings. The summed E-state index contributed by atoms with van der Waals surface area (Å²) in [5, 5.41) is 11.9. The summed E-state index contributed by atoms with van der Waals surface area (Å²) in [4.78, 5) is 46.6. The highest BCUT2D eigenvalue weighted by Crippen LogP contribution is 2.38. The number of carbonyl (C=O) groups excluding carboxylic acids is 3. The molecule has 4 atom stereocenters. The largest absolute Gasteiger partial charge is 0.446 e. The first-order chi connectivity index (χ1) is 26.8. The van der Waals surface area contributed by atoms with Gasteiger partial charge in [0.15, 0.2) is 0 Å². The molecule has 0 spiro atoms. The molecule has 5 aromatic carbocycles. The van der Waals surface area contributed by atoms with Crippen LogP contribution in [0.25, 0.3) is 0 Å². The molecular weight excluding hydrogens is 685 g/mol. The van der Waals surface area contributed by atoms with Crippen molar-refractivity contribution in [3.05, 3.63) is 173 Å². The van der Waals surface area contributed by atoms with Crippen molar-refractivity contribution in [3.63, 3.8) is 0 Å². The number of ketones is 1. The topological polar surface area (TPSA) is 87.2 Å². The third-order valence-electron chi connectivity index (χ3n) is 10.3. The van der Waals surface area contributed by atoms with E-state index in [4.69, 9.17) is 4.74 Å². The van der Waals surface area contributed by atoms with Crippen LogP contribution in [0.1, 0.15) is 72.9 Å². The summed E-state index contributed by atoms with van der Waals surface area (Å²) in [5.41, 5.74) is 4.06. The third kappa shape index (κ3) is 9.78. The Bertz CT molecular complexity index is 2050. The van der Waals surface area contributed by atoms with Crippen LogP contribution in [0, 0.1) is 17.8 Å². The third-order valence-corrected chi connectivity index (χ3v) is 10.3. The van der Waals surface area contributed by atoms with Gasteiger partial charge in [0.2, 0.25) is 5.91 Å². The molecule has 0 aliphatic carbocycles. The lowest BCUT2D eigenvalue weighted by atomic mass is 9.76. The van der Waals surface area contributed by atoms with Gasteiger partial charge in [0, 0.05) is 31.1 Å². The zero-order valence-corrected chi connectivity index (χ0v) is 31.5. The highest BCUT2D eigenvalue weighted by atomic mass is 16.6. The van der Waals surface area contributed by atoms with Crippen LogP contribution in [0.2, 0.25) is 0 Å². The van der Waals surface area contributed by atoms with Crippen LogP contribution in [0.15, 0.2) is 146 Å². The average molecular weight is 733 g/mol. The number of imide groups is 1. The van der Waals surface area contributed by atoms with E-state index in [0.717, 1.165) is 38.4 Å². The number of aliphatic hydroxyl groups is 1. The van der Waals surface area contributed by atoms with Crippen molar-refractivity contribution in [2.75, 3.05) is 11.5 Å². The molecule has 0 radical (unpaired) electrons. The smallest absolute Gasteiger partial charge is 0.417 e. The minimum Gasteiger partial charge on any atom is -0.446 e. The Morgan fingerprint density at radius 3 is 1.95 bits per heavy atom. The second kappa shape index (κ2) is 18.4. The number of hydrogen-bond donors (Lipinski definition) is 1. The van der Waals surface area contributed by atoms with Gasteiger partial charge in [-0.25, -0.2) is 9.69 Å². The van der Waals surface area contributed by atoms with Gasteiger partial charge in [0.25, 0.3) is 0 Å². The number of Topliss-reactive ketones (excluding diaryl/α,β-unsaturated/α-hetero) is 1. The highest BCUT2D eigenvalue weighted by molar-refractivity contribution is 6.08. The van der Waals surface area contributed by atoms with E-state index in [0.29, 0.717) is 25.9 Å². The van der Waals surface area contributed by atoms with Crippen molar-refractivity contribution in [2.24, 2.45) is 5.92 Å². The molecule has 7 heteroatoms. The number of rotatable bonds is 16. The first kappa shape index (κ1) is 38.7. The van der Waals surface area contributed by atoms with Crippen molar-refractivity contribution in [2.45, 2.75) is 70.2 Å². The van der Waals surface area contributed by atoms with Gasteiger partial charge in [0.1, 0.15) is 30.0 Å². The fourth-order valence-corrected chi connectivity index (χ4v) is 7.55. The molecule has 1 heterocycles. The van der Waals surface area contributed by atoms with Crippen molar-refractivity contribution >= 4 is 23.5 Å². The Labute approximate surface area is 324 Å². The number of cyclic esters (lactones) is 1. The predicted molar refractivity (Wildman–Crippen MR) is 216 cm³/mol. The first-order valence-electron chi connectivity index (χ1n) is 19.0. The van der Waals surface area contributed by atoms with Gasteiger partial charge in [-0.2, -0.15) is 0 Å². The lowest BCUT2D eigenvalue weighted by Gasteiger charge is -2.32. The fourth-order valence-electron chi connectivity index (χ4n) is 7.55. The maximum absolute atomic E-state index is 15.0. The summed E-state index contributed by atoms with van der Waals surface area (Å²) < 4.78 is 5.47. The van der Waals surface area contributed by atoms with Crippen LogP contribution < -0.4 is 4.90 Å². The summed E-state index contributed by atoms with van der Waals surface area (Å²) in [5.74, 6) is 2.68. The summed E-state index contributed by atoms with van der Waals surface area (Å²) >= 11 is 0. The van der Waals surface area contributed by atoms with E-state index in [-0.39, 0.29) is 19.4 Å². The minimum absolute atomic E-state index is 0.0158. The molecule has 1 saturated heterocycles. The van der Waals surface area contributed by atoms with Crippen molar-refractivity contribution in [3.8, 4) is 11.8 Å². The number of nitrogens with zero attached hydrogens (tertiary/aromatic N) is 2. The average Bonchev–Trinajstić information content (AvgIpc) is 3.61. The maximum Gasteiger partial charge on any atom is 0.417 e. The molecular formula is C48H48N2O5. The number of ether oxygens (including phenoxy) is 1. The van der Waals surface area contributed by atoms with Crippen LogP contribution in [0.5, 0.6) is 0 Å². The van der Waals surface area contributed by atoms with Crippen molar-refractivity contribution in [1.29, 1.82) is 0 Å². The second-order valence-electron chi connectivity index (χ2n) is 14.2. The number of carbonyl (C=O) groups is 3. The zero-order valence-electron chi connectivity index (χ0n) is 31.5. The van der Waals surface area contributed by atoms with Gasteiger partial charge in [0.05, 0.1) is 0 Å². The maximum atomic E-state index is 15.0. The summed E-state index contributed by atoms with van der Waals surface area (Å²) in [7, 11) is 0. The van der Waals surface area contributed by atoms with Gasteiger partial charge in [-0.15, -0.1) is 5.92 Å². The summed E-state index contributed by atoms with van der Waals surface area (Å²) in [6.45, 7) is 4.83. The van der Waals surface area contributed by atoms with Crippen LogP contribution in [-0.4, -0.2) is 40.0 Å². The van der Waals surface area contributed by atoms with Crippen LogP contribution >= 0.6 is 0 Å². The Morgan fingerprint density at radius 1 is 0.818 bits per heavy atom. The lowest BCUT2D eigenvalue weighted by molar-refractivity contribution is -0.142. The number of benzene rings is 5. The molecule has 0 bridgehead atoms. The molecule has 6 rings (SSSR count). The highest BCUT2D eigenvalue weighted by Gasteiger charge is 2.47. The van der Waals surface area contributed by atoms with E-state index in [2.05, 4.69) is 47.1 Å². The van der Waals surface area contributed by atoms with Crippen LogP contribution in [-0.2, 0) is 33.8 Å². The minimum atomic E-state index is -1.69. The Kier molecular flexibility index (Phi) is 12.9. The van der Waals surface area contributed by atoms with E-state index in [1.54, 1.807) is 6.92 Å². The molecule has 1 aliphatic rings. The van der Waals surface area contributed by atoms with E-state index < -0.39 is 41.3 Å². The van der Waals surface area contributed by atoms with E-state index in [9.17, 15) is 19.5 Å². The number of aryl methyl sites for hydroxylation is 1. The quantitative estimate of drug-likeness (QED) is 0.0805. The molecule has 7 nitrogen and oxygen atoms in total. The Hall–Kier alpha value is -5.97. The first-order valence-corrected chi connectivity index (χ1v) is 19.0. The standard InChI is InChI=1S/C48H48N2O5/c1-3-29-48(54,30-28-36-18-9-5-10-19-36)32-44(51)45(46(52)50-43(35-55-47(50)53)39-24-15-8-16-25-39)42(4-2)40-26-17-27-41(31-40)49(33-37-20-11-6-12-21-37)34-38-22-13-7-14-23-38/h5-27,31,42-43,45,54H,4,28,30,32-35H2,1-2H3/t42-,43+,45+,48-/m0/s1. The number of hydrogen-bond acceptors (Lipinski definition) is 6. The van der Waals surface area contributed by atoms with Gasteiger partial charge in [-0.1, -0.05) is 146 Å². The molecule has 55 heavy (non-hydrogen) atoms. The molecule has 1 aliphatic heterocycles. The monoisotopic (exact) mass is 732 g/mol. The zero-order chi connectivity index (χ0) is 38.6. The molecule has 1 N–H and O–H groups in total. The molecule has 0 unspecified atom stereocenters. The number of anilines is 1. The fraction of sp³-hybridized carbons (Fsp3) is 0.271. The van der Waals surface area contributed by atoms with E-state index in [1.807, 2.05) is 122 Å². The summed E-state index contributed by atoms with van der Waals surface area (Å²) in [6, 6.07) is 46.8. The van der Waals surface area contributed by atoms with Crippen LogP contribution in [0.3, 0.4) is 0 Å². The van der Waals surface area contributed by atoms with Gasteiger partial charge in [-0.05, 0) is 66.1 Å². The van der Waals surface area contributed by atoms with E-state index in [1.165, 1.54) is 0 Å². The van der Waals surface area contributed by atoms with E-state index >= 15 is 0 Å². The van der Waals surface area contributed by atoms with Crippen molar-refractivity contribution < 1.29 is 24.2 Å². The molecule has 280 valence electrons.